The van der Waals surface area contributed by atoms with Gasteiger partial charge in [0.2, 0.25) is 0 Å². The molecule has 1 heterocycles. The van der Waals surface area contributed by atoms with Crippen LogP contribution in [0.1, 0.15) is 27.7 Å². The van der Waals surface area contributed by atoms with E-state index in [-0.39, 0.29) is 0 Å². The third kappa shape index (κ3) is 2.76. The Balaban J connectivity index is 2.02. The maximum Gasteiger partial charge on any atom is 0.00388 e. The van der Waals surface area contributed by atoms with Crippen LogP contribution >= 0.6 is 0 Å². The molecule has 0 aromatic rings. The average Bonchev–Trinajstić information content (AvgIpc) is 1.82. The Morgan fingerprint density at radius 1 is 1.25 bits per heavy atom. The second-order valence-electron chi connectivity index (χ2n) is 4.48. The molecule has 0 aromatic heterocycles. The molecule has 0 amide bonds. The van der Waals surface area contributed by atoms with Gasteiger partial charge in [-0.1, -0.05) is 13.8 Å². The van der Waals surface area contributed by atoms with E-state index < -0.39 is 0 Å². The number of hydrogen-bond donors (Lipinski definition) is 1. The van der Waals surface area contributed by atoms with Gasteiger partial charge in [0.25, 0.3) is 0 Å². The van der Waals surface area contributed by atoms with E-state index in [1.807, 2.05) is 0 Å². The van der Waals surface area contributed by atoms with Crippen LogP contribution in [0, 0.1) is 5.92 Å². The molecule has 0 radical (unpaired) electrons. The minimum Gasteiger partial charge on any atom is -0.314 e. The number of rotatable bonds is 4. The molecule has 0 bridgehead atoms. The van der Waals surface area contributed by atoms with Crippen LogP contribution in [0.5, 0.6) is 0 Å². The molecular weight excluding hydrogens is 148 g/mol. The largest absolute Gasteiger partial charge is 0.314 e. The molecule has 12 heavy (non-hydrogen) atoms. The maximum absolute atomic E-state index is 3.48. The van der Waals surface area contributed by atoms with Crippen molar-refractivity contribution in [2.24, 2.45) is 5.92 Å². The van der Waals surface area contributed by atoms with Gasteiger partial charge in [0.05, 0.1) is 0 Å². The molecule has 1 fully saturated rings. The van der Waals surface area contributed by atoms with Crippen molar-refractivity contribution in [3.8, 4) is 0 Å². The van der Waals surface area contributed by atoms with Gasteiger partial charge in [-0.3, -0.25) is 0 Å². The van der Waals surface area contributed by atoms with Crippen LogP contribution < -0.4 is 5.32 Å². The van der Waals surface area contributed by atoms with Crippen molar-refractivity contribution in [2.45, 2.75) is 39.8 Å². The summed E-state index contributed by atoms with van der Waals surface area (Å²) in [4.78, 5) is 2.52. The average molecular weight is 170 g/mol. The first-order valence-electron chi connectivity index (χ1n) is 5.07. The lowest BCUT2D eigenvalue weighted by molar-refractivity contribution is 0.0666. The summed E-state index contributed by atoms with van der Waals surface area (Å²) in [6.45, 7) is 12.7. The Labute approximate surface area is 76.3 Å². The molecule has 0 aliphatic carbocycles. The maximum atomic E-state index is 3.48. The molecule has 0 saturated carbocycles. The Kier molecular flexibility index (Phi) is 3.53. The van der Waals surface area contributed by atoms with Gasteiger partial charge in [-0.25, -0.2) is 0 Å². The topological polar surface area (TPSA) is 15.3 Å². The molecule has 0 spiro atoms. The fraction of sp³-hybridized carbons (Fsp3) is 1.00. The first kappa shape index (κ1) is 10.0. The van der Waals surface area contributed by atoms with E-state index in [1.165, 1.54) is 19.6 Å². The summed E-state index contributed by atoms with van der Waals surface area (Å²) >= 11 is 0. The van der Waals surface area contributed by atoms with Crippen molar-refractivity contribution >= 4 is 0 Å². The van der Waals surface area contributed by atoms with E-state index in [9.17, 15) is 0 Å². The highest BCUT2D eigenvalue weighted by molar-refractivity contribution is 4.83. The Morgan fingerprint density at radius 3 is 2.25 bits per heavy atom. The van der Waals surface area contributed by atoms with Crippen molar-refractivity contribution < 1.29 is 0 Å². The van der Waals surface area contributed by atoms with Crippen LogP contribution in [0.25, 0.3) is 0 Å². The van der Waals surface area contributed by atoms with Crippen LogP contribution in [-0.2, 0) is 0 Å². The van der Waals surface area contributed by atoms with Crippen LogP contribution in [-0.4, -0.2) is 36.6 Å². The van der Waals surface area contributed by atoms with Crippen molar-refractivity contribution in [2.75, 3.05) is 19.6 Å². The van der Waals surface area contributed by atoms with Gasteiger partial charge < -0.3 is 10.2 Å². The van der Waals surface area contributed by atoms with Crippen molar-refractivity contribution in [1.82, 2.24) is 10.2 Å². The zero-order chi connectivity index (χ0) is 9.14. The van der Waals surface area contributed by atoms with Crippen LogP contribution in [0.2, 0.25) is 0 Å². The molecule has 1 saturated heterocycles. The van der Waals surface area contributed by atoms with E-state index in [4.69, 9.17) is 0 Å². The van der Waals surface area contributed by atoms with E-state index in [0.29, 0.717) is 6.04 Å². The third-order valence-electron chi connectivity index (χ3n) is 2.53. The molecule has 0 atom stereocenters. The van der Waals surface area contributed by atoms with E-state index in [0.717, 1.165) is 12.0 Å². The Bertz CT molecular complexity index is 123. The fourth-order valence-electron chi connectivity index (χ4n) is 1.56. The second-order valence-corrected chi connectivity index (χ2v) is 4.48. The normalized spacial score (nSPS) is 20.5. The quantitative estimate of drug-likeness (QED) is 0.684. The molecule has 0 unspecified atom stereocenters. The molecular formula is C10H22N2. The molecule has 1 rings (SSSR count). The van der Waals surface area contributed by atoms with Gasteiger partial charge in [0.1, 0.15) is 0 Å². The SMILES string of the molecule is CC(C)NCC1CN(C(C)C)C1. The van der Waals surface area contributed by atoms with Crippen molar-refractivity contribution in [3.63, 3.8) is 0 Å². The fourth-order valence-corrected chi connectivity index (χ4v) is 1.56. The summed E-state index contributed by atoms with van der Waals surface area (Å²) in [7, 11) is 0. The first-order valence-corrected chi connectivity index (χ1v) is 5.07. The van der Waals surface area contributed by atoms with Gasteiger partial charge in [-0.15, -0.1) is 0 Å². The summed E-state index contributed by atoms with van der Waals surface area (Å²) in [6, 6.07) is 1.37. The molecule has 72 valence electrons. The zero-order valence-electron chi connectivity index (χ0n) is 8.80. The molecule has 2 nitrogen and oxygen atoms in total. The summed E-state index contributed by atoms with van der Waals surface area (Å²) < 4.78 is 0. The predicted molar refractivity (Wildman–Crippen MR) is 53.3 cm³/mol. The van der Waals surface area contributed by atoms with Crippen LogP contribution in [0.4, 0.5) is 0 Å². The third-order valence-corrected chi connectivity index (χ3v) is 2.53. The minimum absolute atomic E-state index is 0.637. The monoisotopic (exact) mass is 170 g/mol. The number of hydrogen-bond acceptors (Lipinski definition) is 2. The molecule has 2 heteroatoms. The lowest BCUT2D eigenvalue weighted by atomic mass is 9.98. The lowest BCUT2D eigenvalue weighted by Crippen LogP contribution is -2.53. The zero-order valence-corrected chi connectivity index (χ0v) is 8.80. The smallest absolute Gasteiger partial charge is 0.00388 e. The number of likely N-dealkylation sites (tertiary alicyclic amines) is 1. The van der Waals surface area contributed by atoms with Gasteiger partial charge in [-0.05, 0) is 19.8 Å². The highest BCUT2D eigenvalue weighted by atomic mass is 15.2. The molecule has 0 aromatic carbocycles. The van der Waals surface area contributed by atoms with Gasteiger partial charge in [0.15, 0.2) is 0 Å². The highest BCUT2D eigenvalue weighted by Gasteiger charge is 2.27. The summed E-state index contributed by atoms with van der Waals surface area (Å²) in [5.74, 6) is 0.898. The van der Waals surface area contributed by atoms with E-state index in [1.54, 1.807) is 0 Å². The molecule has 1 aliphatic heterocycles. The lowest BCUT2D eigenvalue weighted by Gasteiger charge is -2.42. The minimum atomic E-state index is 0.637. The summed E-state index contributed by atoms with van der Waals surface area (Å²) in [6.07, 6.45) is 0. The first-order chi connectivity index (χ1) is 5.59. The van der Waals surface area contributed by atoms with Gasteiger partial charge >= 0.3 is 0 Å². The molecule has 1 N–H and O–H groups in total. The predicted octanol–water partition coefficient (Wildman–Crippen LogP) is 1.32. The van der Waals surface area contributed by atoms with E-state index in [2.05, 4.69) is 37.9 Å². The Hall–Kier alpha value is -0.0800. The van der Waals surface area contributed by atoms with Crippen molar-refractivity contribution in [3.05, 3.63) is 0 Å². The number of nitrogens with one attached hydrogen (secondary N) is 1. The molecule has 1 aliphatic rings. The Morgan fingerprint density at radius 2 is 1.83 bits per heavy atom. The van der Waals surface area contributed by atoms with Crippen LogP contribution in [0.15, 0.2) is 0 Å². The van der Waals surface area contributed by atoms with Gasteiger partial charge in [-0.2, -0.15) is 0 Å². The summed E-state index contributed by atoms with van der Waals surface area (Å²) in [5, 5.41) is 3.48. The van der Waals surface area contributed by atoms with Crippen molar-refractivity contribution in [1.29, 1.82) is 0 Å². The van der Waals surface area contributed by atoms with Crippen LogP contribution in [0.3, 0.4) is 0 Å². The summed E-state index contributed by atoms with van der Waals surface area (Å²) in [5.41, 5.74) is 0. The van der Waals surface area contributed by atoms with E-state index >= 15 is 0 Å². The number of nitrogens with zero attached hydrogens (tertiary/aromatic N) is 1. The second kappa shape index (κ2) is 4.24. The van der Waals surface area contributed by atoms with Gasteiger partial charge in [0, 0.05) is 31.7 Å². The highest BCUT2D eigenvalue weighted by Crippen LogP contribution is 2.17. The standard InChI is InChI=1S/C10H22N2/c1-8(2)11-5-10-6-12(7-10)9(3)4/h8-11H,5-7H2,1-4H3.